The third-order valence-corrected chi connectivity index (χ3v) is 2.30. The van der Waals surface area contributed by atoms with Crippen molar-refractivity contribution >= 4 is 6.09 Å². The fourth-order valence-electron chi connectivity index (χ4n) is 1.50. The maximum atomic E-state index is 11.4. The van der Waals surface area contributed by atoms with E-state index in [0.717, 1.165) is 6.42 Å². The molecule has 3 heteroatoms. The Hall–Kier alpha value is -1.51. The van der Waals surface area contributed by atoms with Crippen molar-refractivity contribution in [2.75, 3.05) is 6.61 Å². The molecule has 1 N–H and O–H groups in total. The number of ether oxygens (including phenoxy) is 1. The van der Waals surface area contributed by atoms with Crippen molar-refractivity contribution in [3.8, 4) is 0 Å². The summed E-state index contributed by atoms with van der Waals surface area (Å²) < 4.78 is 5.06. The maximum Gasteiger partial charge on any atom is 0.407 e. The number of alkyl carbamates (subject to hydrolysis) is 1. The predicted octanol–water partition coefficient (Wildman–Crippen LogP) is 3.00. The van der Waals surface area contributed by atoms with Crippen LogP contribution in [0.25, 0.3) is 0 Å². The van der Waals surface area contributed by atoms with Crippen LogP contribution in [0, 0.1) is 5.92 Å². The number of benzene rings is 1. The number of carbonyl (C=O) groups is 1. The van der Waals surface area contributed by atoms with Gasteiger partial charge in [0, 0.05) is 6.04 Å². The molecular weight excluding hydrogens is 214 g/mol. The first kappa shape index (κ1) is 13.6. The van der Waals surface area contributed by atoms with Gasteiger partial charge < -0.3 is 10.1 Å². The van der Waals surface area contributed by atoms with E-state index in [0.29, 0.717) is 12.5 Å². The van der Waals surface area contributed by atoms with Gasteiger partial charge in [0.05, 0.1) is 6.61 Å². The molecule has 0 aliphatic rings. The van der Waals surface area contributed by atoms with Crippen molar-refractivity contribution in [2.24, 2.45) is 5.92 Å². The minimum absolute atomic E-state index is 0.0806. The molecule has 0 heterocycles. The van der Waals surface area contributed by atoms with Gasteiger partial charge in [-0.15, -0.1) is 0 Å². The van der Waals surface area contributed by atoms with Gasteiger partial charge in [0.2, 0.25) is 0 Å². The first-order valence-electron chi connectivity index (χ1n) is 6.05. The zero-order chi connectivity index (χ0) is 12.7. The molecule has 0 radical (unpaired) electrons. The molecule has 1 amide bonds. The Bertz CT molecular complexity index is 335. The van der Waals surface area contributed by atoms with Crippen LogP contribution < -0.4 is 5.32 Å². The number of nitrogens with one attached hydrogen (secondary N) is 1. The van der Waals surface area contributed by atoms with E-state index < -0.39 is 0 Å². The number of carbonyl (C=O) groups excluding carboxylic acids is 1. The molecule has 0 spiro atoms. The van der Waals surface area contributed by atoms with Crippen molar-refractivity contribution in [1.82, 2.24) is 5.32 Å². The lowest BCUT2D eigenvalue weighted by Gasteiger charge is -2.14. The Kier molecular flexibility index (Phi) is 5.53. The molecule has 1 atom stereocenters. The van der Waals surface area contributed by atoms with Gasteiger partial charge in [0.1, 0.15) is 0 Å². The number of hydrogen-bond donors (Lipinski definition) is 1. The molecular formula is C14H21NO2. The molecule has 3 nitrogen and oxygen atoms in total. The van der Waals surface area contributed by atoms with Crippen LogP contribution in [0.1, 0.15) is 26.3 Å². The average molecular weight is 235 g/mol. The summed E-state index contributed by atoms with van der Waals surface area (Å²) in [6.07, 6.45) is 0.486. The minimum atomic E-state index is -0.331. The molecule has 0 unspecified atom stereocenters. The Labute approximate surface area is 103 Å². The Morgan fingerprint density at radius 1 is 1.24 bits per heavy atom. The predicted molar refractivity (Wildman–Crippen MR) is 68.9 cm³/mol. The number of rotatable bonds is 5. The largest absolute Gasteiger partial charge is 0.449 e. The molecule has 0 aliphatic carbocycles. The molecule has 1 rings (SSSR count). The fourth-order valence-corrected chi connectivity index (χ4v) is 1.50. The van der Waals surface area contributed by atoms with E-state index in [1.807, 2.05) is 39.0 Å². The van der Waals surface area contributed by atoms with Crippen LogP contribution in [0.3, 0.4) is 0 Å². The van der Waals surface area contributed by atoms with Gasteiger partial charge in [-0.25, -0.2) is 4.79 Å². The van der Waals surface area contributed by atoms with Crippen LogP contribution in [0.5, 0.6) is 0 Å². The van der Waals surface area contributed by atoms with Gasteiger partial charge in [-0.3, -0.25) is 0 Å². The van der Waals surface area contributed by atoms with Gasteiger partial charge >= 0.3 is 6.09 Å². The van der Waals surface area contributed by atoms with Gasteiger partial charge in [-0.2, -0.15) is 0 Å². The quantitative estimate of drug-likeness (QED) is 0.852. The monoisotopic (exact) mass is 235 g/mol. The van der Waals surface area contributed by atoms with Crippen LogP contribution in [-0.2, 0) is 11.2 Å². The summed E-state index contributed by atoms with van der Waals surface area (Å²) >= 11 is 0. The number of amides is 1. The Balaban J connectivity index is 2.29. The fraction of sp³-hybridized carbons (Fsp3) is 0.500. The molecule has 1 aromatic carbocycles. The lowest BCUT2D eigenvalue weighted by atomic mass is 10.1. The molecule has 0 aliphatic heterocycles. The van der Waals surface area contributed by atoms with Crippen LogP contribution in [0.2, 0.25) is 0 Å². The topological polar surface area (TPSA) is 38.3 Å². The Morgan fingerprint density at radius 3 is 2.47 bits per heavy atom. The maximum absolute atomic E-state index is 11.4. The number of hydrogen-bond acceptors (Lipinski definition) is 2. The first-order valence-corrected chi connectivity index (χ1v) is 6.05. The lowest BCUT2D eigenvalue weighted by molar-refractivity contribution is 0.130. The zero-order valence-corrected chi connectivity index (χ0v) is 10.8. The average Bonchev–Trinajstić information content (AvgIpc) is 2.27. The highest BCUT2D eigenvalue weighted by Gasteiger charge is 2.09. The second-order valence-corrected chi connectivity index (χ2v) is 4.73. The summed E-state index contributed by atoms with van der Waals surface area (Å²) in [6, 6.07) is 10.2. The summed E-state index contributed by atoms with van der Waals surface area (Å²) in [7, 11) is 0. The van der Waals surface area contributed by atoms with Gasteiger partial charge in [0.15, 0.2) is 0 Å². The van der Waals surface area contributed by atoms with Crippen molar-refractivity contribution in [3.05, 3.63) is 35.9 Å². The van der Waals surface area contributed by atoms with Crippen LogP contribution in [0.15, 0.2) is 30.3 Å². The van der Waals surface area contributed by atoms with Gasteiger partial charge in [-0.05, 0) is 24.8 Å². The van der Waals surface area contributed by atoms with Crippen LogP contribution in [-0.4, -0.2) is 18.7 Å². The van der Waals surface area contributed by atoms with Gasteiger partial charge in [-0.1, -0.05) is 44.2 Å². The van der Waals surface area contributed by atoms with E-state index in [1.165, 1.54) is 5.56 Å². The summed E-state index contributed by atoms with van der Waals surface area (Å²) in [6.45, 7) is 6.47. The third-order valence-electron chi connectivity index (χ3n) is 2.30. The molecule has 0 saturated carbocycles. The standard InChI is InChI=1S/C14H21NO2/c1-11(2)10-17-14(16)15-12(3)9-13-7-5-4-6-8-13/h4-8,11-12H,9-10H2,1-3H3,(H,15,16)/t12-/m1/s1. The van der Waals surface area contributed by atoms with Crippen LogP contribution >= 0.6 is 0 Å². The highest BCUT2D eigenvalue weighted by molar-refractivity contribution is 5.67. The molecule has 0 aromatic heterocycles. The Morgan fingerprint density at radius 2 is 1.88 bits per heavy atom. The van der Waals surface area contributed by atoms with E-state index in [2.05, 4.69) is 17.4 Å². The van der Waals surface area contributed by atoms with E-state index in [-0.39, 0.29) is 12.1 Å². The van der Waals surface area contributed by atoms with Gasteiger partial charge in [0.25, 0.3) is 0 Å². The highest BCUT2D eigenvalue weighted by atomic mass is 16.5. The van der Waals surface area contributed by atoms with E-state index in [1.54, 1.807) is 0 Å². The zero-order valence-electron chi connectivity index (χ0n) is 10.8. The highest BCUT2D eigenvalue weighted by Crippen LogP contribution is 2.03. The smallest absolute Gasteiger partial charge is 0.407 e. The second-order valence-electron chi connectivity index (χ2n) is 4.73. The summed E-state index contributed by atoms with van der Waals surface area (Å²) in [5.41, 5.74) is 1.21. The summed E-state index contributed by atoms with van der Waals surface area (Å²) in [5.74, 6) is 0.366. The second kappa shape index (κ2) is 6.94. The normalized spacial score (nSPS) is 12.2. The molecule has 0 bridgehead atoms. The molecule has 94 valence electrons. The molecule has 0 saturated heterocycles. The van der Waals surface area contributed by atoms with Crippen LogP contribution in [0.4, 0.5) is 4.79 Å². The van der Waals surface area contributed by atoms with E-state index in [9.17, 15) is 4.79 Å². The summed E-state index contributed by atoms with van der Waals surface area (Å²) in [4.78, 5) is 11.4. The van der Waals surface area contributed by atoms with Crippen molar-refractivity contribution < 1.29 is 9.53 Å². The van der Waals surface area contributed by atoms with Crippen molar-refractivity contribution in [1.29, 1.82) is 0 Å². The molecule has 0 fully saturated rings. The van der Waals surface area contributed by atoms with E-state index >= 15 is 0 Å². The molecule has 1 aromatic rings. The summed E-state index contributed by atoms with van der Waals surface area (Å²) in [5, 5.41) is 2.82. The SMILES string of the molecule is CC(C)COC(=O)N[C@H](C)Cc1ccccc1. The van der Waals surface area contributed by atoms with Crippen molar-refractivity contribution in [2.45, 2.75) is 33.2 Å². The van der Waals surface area contributed by atoms with E-state index in [4.69, 9.17) is 4.74 Å². The first-order chi connectivity index (χ1) is 8.08. The third kappa shape index (κ3) is 5.95. The molecule has 17 heavy (non-hydrogen) atoms. The van der Waals surface area contributed by atoms with Crippen molar-refractivity contribution in [3.63, 3.8) is 0 Å². The minimum Gasteiger partial charge on any atom is -0.449 e. The lowest BCUT2D eigenvalue weighted by Crippen LogP contribution is -2.35.